The Kier molecular flexibility index (Phi) is 5.36. The molecule has 0 bridgehead atoms. The van der Waals surface area contributed by atoms with E-state index in [-0.39, 0.29) is 0 Å². The summed E-state index contributed by atoms with van der Waals surface area (Å²) in [5, 5.41) is 4.49. The van der Waals surface area contributed by atoms with Crippen molar-refractivity contribution in [3.63, 3.8) is 0 Å². The zero-order chi connectivity index (χ0) is 20.4. The van der Waals surface area contributed by atoms with E-state index in [1.165, 1.54) is 4.88 Å². The highest BCUT2D eigenvalue weighted by Gasteiger charge is 2.18. The summed E-state index contributed by atoms with van der Waals surface area (Å²) in [5.41, 5.74) is 3.13. The van der Waals surface area contributed by atoms with Crippen LogP contribution in [0.2, 0.25) is 0 Å². The molecular formula is C23H23N3O2S. The van der Waals surface area contributed by atoms with Gasteiger partial charge in [0.1, 0.15) is 28.0 Å². The van der Waals surface area contributed by atoms with E-state index in [0.29, 0.717) is 6.61 Å². The van der Waals surface area contributed by atoms with Crippen LogP contribution in [0.15, 0.2) is 48.5 Å². The third kappa shape index (κ3) is 3.76. The molecule has 0 unspecified atom stereocenters. The second-order valence-electron chi connectivity index (χ2n) is 6.62. The fourth-order valence-corrected chi connectivity index (χ4v) is 4.51. The molecule has 6 heteroatoms. The average molecular weight is 406 g/mol. The summed E-state index contributed by atoms with van der Waals surface area (Å²) in [4.78, 5) is 11.6. The first-order valence-electron chi connectivity index (χ1n) is 9.51. The molecule has 1 N–H and O–H groups in total. The minimum absolute atomic E-state index is 0.653. The van der Waals surface area contributed by atoms with Gasteiger partial charge in [-0.2, -0.15) is 0 Å². The maximum absolute atomic E-state index is 5.59. The number of aromatic nitrogens is 2. The number of hydrogen-bond acceptors (Lipinski definition) is 6. The highest BCUT2D eigenvalue weighted by atomic mass is 32.1. The first kappa shape index (κ1) is 19.2. The molecule has 2 aromatic heterocycles. The number of benzene rings is 2. The van der Waals surface area contributed by atoms with Crippen molar-refractivity contribution in [1.29, 1.82) is 0 Å². The van der Waals surface area contributed by atoms with E-state index >= 15 is 0 Å². The number of hydrogen-bond donors (Lipinski definition) is 1. The summed E-state index contributed by atoms with van der Waals surface area (Å²) < 4.78 is 11.1. The maximum atomic E-state index is 5.59. The Bertz CT molecular complexity index is 1150. The summed E-state index contributed by atoms with van der Waals surface area (Å²) in [5.74, 6) is 3.15. The van der Waals surface area contributed by atoms with Crippen molar-refractivity contribution in [3.8, 4) is 22.6 Å². The van der Waals surface area contributed by atoms with Crippen LogP contribution >= 0.6 is 11.3 Å². The fourth-order valence-electron chi connectivity index (χ4n) is 3.42. The molecule has 0 fully saturated rings. The Hall–Kier alpha value is -3.12. The third-order valence-electron chi connectivity index (χ3n) is 4.65. The number of anilines is 2. The molecule has 29 heavy (non-hydrogen) atoms. The molecule has 4 rings (SSSR count). The molecule has 0 aliphatic carbocycles. The van der Waals surface area contributed by atoms with E-state index in [2.05, 4.69) is 29.4 Å². The lowest BCUT2D eigenvalue weighted by Crippen LogP contribution is -2.00. The molecule has 0 spiro atoms. The lowest BCUT2D eigenvalue weighted by atomic mass is 10.0. The van der Waals surface area contributed by atoms with E-state index in [1.54, 1.807) is 18.4 Å². The molecule has 0 aliphatic heterocycles. The van der Waals surface area contributed by atoms with Crippen LogP contribution in [0.4, 0.5) is 11.5 Å². The number of para-hydroxylation sites is 2. The van der Waals surface area contributed by atoms with Crippen LogP contribution < -0.4 is 14.8 Å². The van der Waals surface area contributed by atoms with Gasteiger partial charge in [0.2, 0.25) is 0 Å². The number of thiophene rings is 1. The quantitative estimate of drug-likeness (QED) is 0.418. The van der Waals surface area contributed by atoms with Gasteiger partial charge >= 0.3 is 0 Å². The lowest BCUT2D eigenvalue weighted by molar-refractivity contribution is 0.340. The Morgan fingerprint density at radius 1 is 1.00 bits per heavy atom. The minimum atomic E-state index is 0.653. The van der Waals surface area contributed by atoms with Crippen LogP contribution in [0.3, 0.4) is 0 Å². The van der Waals surface area contributed by atoms with Crippen molar-refractivity contribution >= 4 is 33.1 Å². The van der Waals surface area contributed by atoms with E-state index in [1.807, 2.05) is 50.2 Å². The molecule has 0 atom stereocenters. The molecule has 4 aromatic rings. The van der Waals surface area contributed by atoms with Crippen molar-refractivity contribution in [2.45, 2.75) is 20.8 Å². The topological polar surface area (TPSA) is 56.3 Å². The monoisotopic (exact) mass is 405 g/mol. The highest BCUT2D eigenvalue weighted by molar-refractivity contribution is 7.19. The van der Waals surface area contributed by atoms with Gasteiger partial charge in [0.25, 0.3) is 0 Å². The number of fused-ring (bicyclic) bond motifs is 1. The predicted octanol–water partition coefficient (Wildman–Crippen LogP) is 6.13. The van der Waals surface area contributed by atoms with Crippen LogP contribution in [0, 0.1) is 13.8 Å². The number of aryl methyl sites for hydroxylation is 2. The van der Waals surface area contributed by atoms with Crippen LogP contribution in [-0.4, -0.2) is 23.7 Å². The van der Waals surface area contributed by atoms with Crippen LogP contribution in [0.5, 0.6) is 11.5 Å². The van der Waals surface area contributed by atoms with Crippen LogP contribution in [-0.2, 0) is 0 Å². The number of nitrogens with zero attached hydrogens (tertiary/aromatic N) is 2. The summed E-state index contributed by atoms with van der Waals surface area (Å²) in [6, 6.07) is 16.0. The second-order valence-corrected chi connectivity index (χ2v) is 7.82. The summed E-state index contributed by atoms with van der Waals surface area (Å²) in [6.45, 7) is 6.68. The molecule has 2 heterocycles. The van der Waals surface area contributed by atoms with Crippen LogP contribution in [0.25, 0.3) is 21.3 Å². The molecule has 0 radical (unpaired) electrons. The van der Waals surface area contributed by atoms with Crippen LogP contribution in [0.1, 0.15) is 17.6 Å². The molecule has 0 saturated heterocycles. The largest absolute Gasteiger partial charge is 0.495 e. The summed E-state index contributed by atoms with van der Waals surface area (Å²) in [6.07, 6.45) is 0. The third-order valence-corrected chi connectivity index (χ3v) is 5.65. The van der Waals surface area contributed by atoms with Crippen molar-refractivity contribution < 1.29 is 9.47 Å². The van der Waals surface area contributed by atoms with E-state index in [0.717, 1.165) is 50.2 Å². The lowest BCUT2D eigenvalue weighted by Gasteiger charge is -2.13. The van der Waals surface area contributed by atoms with Crippen molar-refractivity contribution in [3.05, 3.63) is 59.2 Å². The smallest absolute Gasteiger partial charge is 0.143 e. The number of methoxy groups -OCH3 is 1. The van der Waals surface area contributed by atoms with Crippen molar-refractivity contribution in [2.75, 3.05) is 19.0 Å². The zero-order valence-corrected chi connectivity index (χ0v) is 17.8. The van der Waals surface area contributed by atoms with Gasteiger partial charge in [-0.05, 0) is 50.6 Å². The number of ether oxygens (including phenoxy) is 2. The highest BCUT2D eigenvalue weighted by Crippen LogP contribution is 2.42. The Labute approximate surface area is 174 Å². The normalized spacial score (nSPS) is 10.9. The Balaban J connectivity index is 1.87. The molecule has 0 amide bonds. The van der Waals surface area contributed by atoms with Gasteiger partial charge in [-0.1, -0.05) is 24.3 Å². The van der Waals surface area contributed by atoms with Gasteiger partial charge in [-0.3, -0.25) is 0 Å². The first-order chi connectivity index (χ1) is 14.1. The van der Waals surface area contributed by atoms with Gasteiger partial charge in [0.15, 0.2) is 0 Å². The van der Waals surface area contributed by atoms with Crippen molar-refractivity contribution in [1.82, 2.24) is 9.97 Å². The number of nitrogens with one attached hydrogen (secondary N) is 1. The van der Waals surface area contributed by atoms with Gasteiger partial charge in [0, 0.05) is 10.4 Å². The number of rotatable bonds is 6. The van der Waals surface area contributed by atoms with Crippen molar-refractivity contribution in [2.24, 2.45) is 0 Å². The molecule has 0 saturated carbocycles. The first-order valence-corrected chi connectivity index (χ1v) is 10.3. The van der Waals surface area contributed by atoms with Gasteiger partial charge < -0.3 is 14.8 Å². The van der Waals surface area contributed by atoms with E-state index in [9.17, 15) is 0 Å². The van der Waals surface area contributed by atoms with Gasteiger partial charge in [-0.15, -0.1) is 11.3 Å². The standard InChI is InChI=1S/C23H23N3O2S/c1-5-28-17-12-10-16(11-13-17)20-14(2)29-23-21(20)22(24-15(3)25-23)26-18-8-6-7-9-19(18)27-4/h6-13H,5H2,1-4H3,(H,24,25,26). The Morgan fingerprint density at radius 3 is 2.48 bits per heavy atom. The molecule has 5 nitrogen and oxygen atoms in total. The fraction of sp³-hybridized carbons (Fsp3) is 0.217. The van der Waals surface area contributed by atoms with Gasteiger partial charge in [0.05, 0.1) is 24.8 Å². The average Bonchev–Trinajstić information content (AvgIpc) is 3.05. The summed E-state index contributed by atoms with van der Waals surface area (Å²) in [7, 11) is 1.67. The second kappa shape index (κ2) is 8.09. The zero-order valence-electron chi connectivity index (χ0n) is 16.9. The molecule has 148 valence electrons. The molecule has 0 aliphatic rings. The maximum Gasteiger partial charge on any atom is 0.143 e. The SMILES string of the molecule is CCOc1ccc(-c2c(C)sc3nc(C)nc(Nc4ccccc4OC)c23)cc1. The molecular weight excluding hydrogens is 382 g/mol. The van der Waals surface area contributed by atoms with Gasteiger partial charge in [-0.25, -0.2) is 9.97 Å². The Morgan fingerprint density at radius 2 is 1.76 bits per heavy atom. The summed E-state index contributed by atoms with van der Waals surface area (Å²) >= 11 is 1.68. The minimum Gasteiger partial charge on any atom is -0.495 e. The predicted molar refractivity (Wildman–Crippen MR) is 120 cm³/mol. The molecule has 2 aromatic carbocycles. The van der Waals surface area contributed by atoms with E-state index in [4.69, 9.17) is 14.5 Å². The van der Waals surface area contributed by atoms with E-state index < -0.39 is 0 Å².